The standard InChI is InChI=1S/C10H6O9S3/c11-20(12,13)6-1-5-2-7(21(14,15)16)4-9-10(5)8(3-6)19-22(9,17)18/h1-4H,(H,11,12,13)(H,14,15,16). The van der Waals surface area contributed by atoms with Gasteiger partial charge in [0.05, 0.1) is 9.79 Å². The summed E-state index contributed by atoms with van der Waals surface area (Å²) < 4.78 is 91.2. The van der Waals surface area contributed by atoms with Crippen molar-refractivity contribution < 1.29 is 38.5 Å². The molecule has 22 heavy (non-hydrogen) atoms. The Morgan fingerprint density at radius 3 is 1.86 bits per heavy atom. The summed E-state index contributed by atoms with van der Waals surface area (Å²) in [5, 5.41) is -0.184. The highest BCUT2D eigenvalue weighted by Crippen LogP contribution is 2.42. The summed E-state index contributed by atoms with van der Waals surface area (Å²) >= 11 is 0. The minimum absolute atomic E-state index is 0.0419. The van der Waals surface area contributed by atoms with E-state index in [9.17, 15) is 25.3 Å². The molecule has 0 fully saturated rings. The first kappa shape index (κ1) is 15.2. The summed E-state index contributed by atoms with van der Waals surface area (Å²) in [6.45, 7) is 0. The molecule has 1 aliphatic rings. The lowest BCUT2D eigenvalue weighted by molar-refractivity contribution is 0.479. The first-order chi connectivity index (χ1) is 9.89. The van der Waals surface area contributed by atoms with Gasteiger partial charge in [0.15, 0.2) is 5.75 Å². The van der Waals surface area contributed by atoms with Gasteiger partial charge in [-0.25, -0.2) is 0 Å². The Morgan fingerprint density at radius 1 is 0.864 bits per heavy atom. The van der Waals surface area contributed by atoms with E-state index < -0.39 is 45.0 Å². The lowest BCUT2D eigenvalue weighted by atomic mass is 10.1. The van der Waals surface area contributed by atoms with Crippen LogP contribution < -0.4 is 4.18 Å². The molecule has 0 saturated carbocycles. The maximum atomic E-state index is 11.9. The summed E-state index contributed by atoms with van der Waals surface area (Å²) in [4.78, 5) is -1.94. The van der Waals surface area contributed by atoms with Gasteiger partial charge in [0, 0.05) is 11.5 Å². The van der Waals surface area contributed by atoms with Gasteiger partial charge in [-0.2, -0.15) is 25.3 Å². The second kappa shape index (κ2) is 4.17. The molecule has 9 nitrogen and oxygen atoms in total. The fourth-order valence-electron chi connectivity index (χ4n) is 2.11. The highest BCUT2D eigenvalue weighted by Gasteiger charge is 2.33. The topological polar surface area (TPSA) is 152 Å². The fraction of sp³-hybridized carbons (Fsp3) is 0. The zero-order valence-electron chi connectivity index (χ0n) is 10.3. The van der Waals surface area contributed by atoms with E-state index in [4.69, 9.17) is 9.11 Å². The molecule has 0 aliphatic carbocycles. The Labute approximate surface area is 124 Å². The maximum Gasteiger partial charge on any atom is 0.340 e. The zero-order valence-corrected chi connectivity index (χ0v) is 12.7. The second-order valence-electron chi connectivity index (χ2n) is 4.43. The fourth-order valence-corrected chi connectivity index (χ4v) is 4.45. The van der Waals surface area contributed by atoms with E-state index in [1.807, 2.05) is 0 Å². The van der Waals surface area contributed by atoms with Gasteiger partial charge in [-0.1, -0.05) is 0 Å². The first-order valence-corrected chi connectivity index (χ1v) is 9.70. The molecule has 0 unspecified atom stereocenters. The molecule has 2 aromatic carbocycles. The number of hydrogen-bond acceptors (Lipinski definition) is 7. The Kier molecular flexibility index (Phi) is 2.88. The van der Waals surface area contributed by atoms with Crippen LogP contribution in [0, 0.1) is 0 Å². The van der Waals surface area contributed by atoms with Crippen LogP contribution in [0.25, 0.3) is 10.8 Å². The molecule has 1 aliphatic heterocycles. The van der Waals surface area contributed by atoms with Gasteiger partial charge in [-0.15, -0.1) is 0 Å². The molecular weight excluding hydrogens is 360 g/mol. The van der Waals surface area contributed by atoms with Crippen molar-refractivity contribution >= 4 is 41.1 Å². The van der Waals surface area contributed by atoms with Gasteiger partial charge in [0.1, 0.15) is 4.90 Å². The predicted octanol–water partition coefficient (Wildman–Crippen LogP) is 0.414. The molecule has 0 aromatic heterocycles. The SMILES string of the molecule is O=S(=O)(O)c1cc2c3c(cc(S(=O)(=O)O)cc3c1)S(=O)(=O)O2. The molecule has 2 N–H and O–H groups in total. The first-order valence-electron chi connectivity index (χ1n) is 5.41. The lowest BCUT2D eigenvalue weighted by Gasteiger charge is -2.04. The van der Waals surface area contributed by atoms with Crippen LogP contribution in [0.15, 0.2) is 39.0 Å². The van der Waals surface area contributed by atoms with E-state index in [0.717, 1.165) is 18.2 Å². The number of hydrogen-bond donors (Lipinski definition) is 2. The number of rotatable bonds is 2. The summed E-state index contributed by atoms with van der Waals surface area (Å²) in [6, 6.07) is 3.25. The van der Waals surface area contributed by atoms with Crippen molar-refractivity contribution in [1.82, 2.24) is 0 Å². The van der Waals surface area contributed by atoms with Crippen molar-refractivity contribution in [3.8, 4) is 5.75 Å². The van der Waals surface area contributed by atoms with Crippen molar-refractivity contribution in [1.29, 1.82) is 0 Å². The molecule has 0 amide bonds. The number of benzene rings is 2. The highest BCUT2D eigenvalue weighted by molar-refractivity contribution is 7.88. The van der Waals surface area contributed by atoms with Crippen molar-refractivity contribution in [2.45, 2.75) is 14.7 Å². The second-order valence-corrected chi connectivity index (χ2v) is 8.79. The molecule has 12 heteroatoms. The smallest absolute Gasteiger partial charge is 0.340 e. The van der Waals surface area contributed by atoms with Gasteiger partial charge in [-0.3, -0.25) is 9.11 Å². The lowest BCUT2D eigenvalue weighted by Crippen LogP contribution is -2.05. The van der Waals surface area contributed by atoms with Crippen LogP contribution in [-0.2, 0) is 30.4 Å². The average molecular weight is 366 g/mol. The molecule has 2 aromatic rings. The summed E-state index contributed by atoms with van der Waals surface area (Å²) in [5.74, 6) is -0.359. The highest BCUT2D eigenvalue weighted by atomic mass is 32.2. The molecule has 0 spiro atoms. The average Bonchev–Trinajstić information content (AvgIpc) is 2.59. The van der Waals surface area contributed by atoms with Crippen LogP contribution in [0.5, 0.6) is 5.75 Å². The summed E-state index contributed by atoms with van der Waals surface area (Å²) in [5.41, 5.74) is 0. The predicted molar refractivity (Wildman–Crippen MR) is 71.4 cm³/mol. The molecule has 3 rings (SSSR count). The molecule has 0 atom stereocenters. The van der Waals surface area contributed by atoms with Crippen molar-refractivity contribution in [3.05, 3.63) is 24.3 Å². The van der Waals surface area contributed by atoms with E-state index >= 15 is 0 Å². The molecule has 0 saturated heterocycles. The van der Waals surface area contributed by atoms with Gasteiger partial charge in [-0.05, 0) is 23.6 Å². The largest absolute Gasteiger partial charge is 0.378 e. The van der Waals surface area contributed by atoms with Crippen molar-refractivity contribution in [2.75, 3.05) is 0 Å². The minimum Gasteiger partial charge on any atom is -0.378 e. The zero-order chi connectivity index (χ0) is 16.5. The van der Waals surface area contributed by atoms with Gasteiger partial charge in [0.25, 0.3) is 20.2 Å². The monoisotopic (exact) mass is 366 g/mol. The van der Waals surface area contributed by atoms with E-state index in [1.54, 1.807) is 0 Å². The maximum absolute atomic E-state index is 11.9. The summed E-state index contributed by atoms with van der Waals surface area (Å²) in [7, 11) is -13.8. The molecule has 0 bridgehead atoms. The van der Waals surface area contributed by atoms with Gasteiger partial charge in [0.2, 0.25) is 0 Å². The van der Waals surface area contributed by atoms with Crippen LogP contribution in [0.2, 0.25) is 0 Å². The minimum atomic E-state index is -4.73. The van der Waals surface area contributed by atoms with E-state index in [1.165, 1.54) is 0 Å². The Hall–Kier alpha value is -1.73. The summed E-state index contributed by atoms with van der Waals surface area (Å²) in [6.07, 6.45) is 0. The third kappa shape index (κ3) is 2.24. The van der Waals surface area contributed by atoms with Gasteiger partial charge < -0.3 is 4.18 Å². The normalized spacial score (nSPS) is 16.6. The Morgan fingerprint density at radius 2 is 1.36 bits per heavy atom. The van der Waals surface area contributed by atoms with Gasteiger partial charge >= 0.3 is 10.1 Å². The van der Waals surface area contributed by atoms with E-state index in [2.05, 4.69) is 4.18 Å². The molecule has 0 radical (unpaired) electrons. The molecule has 118 valence electrons. The van der Waals surface area contributed by atoms with E-state index in [-0.39, 0.29) is 16.5 Å². The molecular formula is C10H6O9S3. The van der Waals surface area contributed by atoms with Crippen LogP contribution in [0.4, 0.5) is 0 Å². The van der Waals surface area contributed by atoms with Crippen LogP contribution in [0.1, 0.15) is 0 Å². The Balaban J connectivity index is 2.55. The van der Waals surface area contributed by atoms with Crippen molar-refractivity contribution in [2.24, 2.45) is 0 Å². The van der Waals surface area contributed by atoms with E-state index in [0.29, 0.717) is 6.07 Å². The quantitative estimate of drug-likeness (QED) is 0.568. The Bertz CT molecular complexity index is 1140. The van der Waals surface area contributed by atoms with Crippen molar-refractivity contribution in [3.63, 3.8) is 0 Å². The third-order valence-electron chi connectivity index (χ3n) is 2.99. The van der Waals surface area contributed by atoms with Crippen LogP contribution in [-0.4, -0.2) is 34.4 Å². The van der Waals surface area contributed by atoms with Crippen LogP contribution >= 0.6 is 0 Å². The van der Waals surface area contributed by atoms with Crippen LogP contribution in [0.3, 0.4) is 0 Å². The third-order valence-corrected chi connectivity index (χ3v) is 5.91. The molecule has 1 heterocycles.